The second-order valence-electron chi connectivity index (χ2n) is 4.86. The molecule has 0 unspecified atom stereocenters. The summed E-state index contributed by atoms with van der Waals surface area (Å²) in [4.78, 5) is 2.52. The summed E-state index contributed by atoms with van der Waals surface area (Å²) in [7, 11) is 2.27. The second-order valence-corrected chi connectivity index (χ2v) is 4.86. The van der Waals surface area contributed by atoms with Crippen LogP contribution in [0.5, 0.6) is 0 Å². The molecule has 0 radical (unpaired) electrons. The zero-order chi connectivity index (χ0) is 7.90. The van der Waals surface area contributed by atoms with Gasteiger partial charge in [-0.25, -0.2) is 0 Å². The predicted molar refractivity (Wildman–Crippen MR) is 47.6 cm³/mol. The molecule has 0 N–H and O–H groups in total. The van der Waals surface area contributed by atoms with Gasteiger partial charge in [0.05, 0.1) is 0 Å². The van der Waals surface area contributed by atoms with Crippen molar-refractivity contribution in [1.82, 2.24) is 4.90 Å². The van der Waals surface area contributed by atoms with Gasteiger partial charge in [0.25, 0.3) is 0 Å². The number of likely N-dealkylation sites (tertiary alicyclic amines) is 1. The van der Waals surface area contributed by atoms with E-state index in [0.717, 1.165) is 11.3 Å². The minimum absolute atomic E-state index is 0.770. The molecule has 1 spiro atoms. The molecule has 1 nitrogen and oxygen atoms in total. The zero-order valence-corrected chi connectivity index (χ0v) is 7.77. The Labute approximate surface area is 69.8 Å². The van der Waals surface area contributed by atoms with E-state index in [1.54, 1.807) is 0 Å². The summed E-state index contributed by atoms with van der Waals surface area (Å²) in [5, 5.41) is 0. The molecular weight excluding hydrogens is 134 g/mol. The minimum atomic E-state index is 0.770. The molecule has 1 heterocycles. The van der Waals surface area contributed by atoms with Gasteiger partial charge in [-0.15, -0.1) is 0 Å². The third kappa shape index (κ3) is 1.31. The zero-order valence-electron chi connectivity index (χ0n) is 7.77. The molecule has 1 saturated heterocycles. The van der Waals surface area contributed by atoms with Gasteiger partial charge in [-0.2, -0.15) is 0 Å². The fraction of sp³-hybridized carbons (Fsp3) is 1.00. The molecule has 0 aromatic heterocycles. The van der Waals surface area contributed by atoms with Gasteiger partial charge in [0, 0.05) is 13.1 Å². The van der Waals surface area contributed by atoms with Crippen LogP contribution in [0, 0.1) is 11.3 Å². The summed E-state index contributed by atoms with van der Waals surface area (Å²) in [5.41, 5.74) is 0.770. The van der Waals surface area contributed by atoms with Crippen molar-refractivity contribution in [3.63, 3.8) is 0 Å². The Bertz CT molecular complexity index is 137. The molecule has 11 heavy (non-hydrogen) atoms. The van der Waals surface area contributed by atoms with E-state index < -0.39 is 0 Å². The Morgan fingerprint density at radius 3 is 2.55 bits per heavy atom. The quantitative estimate of drug-likeness (QED) is 0.515. The summed E-state index contributed by atoms with van der Waals surface area (Å²) in [5.74, 6) is 0.939. The number of nitrogens with zero attached hydrogens (tertiary/aromatic N) is 1. The van der Waals surface area contributed by atoms with E-state index in [1.807, 2.05) is 0 Å². The molecule has 1 aliphatic carbocycles. The lowest BCUT2D eigenvalue weighted by Gasteiger charge is -2.50. The highest BCUT2D eigenvalue weighted by Gasteiger charge is 2.41. The van der Waals surface area contributed by atoms with Crippen LogP contribution in [0.15, 0.2) is 0 Å². The topological polar surface area (TPSA) is 3.24 Å². The largest absolute Gasteiger partial charge is 0.306 e. The van der Waals surface area contributed by atoms with Crippen molar-refractivity contribution in [2.75, 3.05) is 20.1 Å². The van der Waals surface area contributed by atoms with Crippen molar-refractivity contribution in [1.29, 1.82) is 0 Å². The normalized spacial score (nSPS) is 37.1. The SMILES string of the molecule is C[C@H]1CN(C)CC2(CCC2)C1. The van der Waals surface area contributed by atoms with Crippen LogP contribution in [-0.4, -0.2) is 25.0 Å². The molecule has 1 heteroatoms. The van der Waals surface area contributed by atoms with E-state index in [2.05, 4.69) is 18.9 Å². The molecule has 1 saturated carbocycles. The first-order chi connectivity index (χ1) is 5.20. The van der Waals surface area contributed by atoms with Crippen molar-refractivity contribution < 1.29 is 0 Å². The van der Waals surface area contributed by atoms with Gasteiger partial charge < -0.3 is 4.90 Å². The monoisotopic (exact) mass is 153 g/mol. The highest BCUT2D eigenvalue weighted by molar-refractivity contribution is 4.94. The molecule has 2 fully saturated rings. The first-order valence-corrected chi connectivity index (χ1v) is 4.89. The molecule has 1 aliphatic heterocycles. The lowest BCUT2D eigenvalue weighted by molar-refractivity contribution is 0.00612. The summed E-state index contributed by atoms with van der Waals surface area (Å²) in [6.07, 6.45) is 5.99. The molecular formula is C10H19N. The van der Waals surface area contributed by atoms with Crippen LogP contribution in [0.3, 0.4) is 0 Å². The van der Waals surface area contributed by atoms with Crippen molar-refractivity contribution in [2.45, 2.75) is 32.6 Å². The van der Waals surface area contributed by atoms with E-state index in [9.17, 15) is 0 Å². The second kappa shape index (κ2) is 2.48. The van der Waals surface area contributed by atoms with Crippen LogP contribution >= 0.6 is 0 Å². The maximum atomic E-state index is 2.52. The Morgan fingerprint density at radius 1 is 1.36 bits per heavy atom. The van der Waals surface area contributed by atoms with E-state index in [4.69, 9.17) is 0 Å². The molecule has 0 aromatic carbocycles. The van der Waals surface area contributed by atoms with Crippen molar-refractivity contribution in [3.8, 4) is 0 Å². The average Bonchev–Trinajstić information content (AvgIpc) is 1.82. The van der Waals surface area contributed by atoms with Crippen LogP contribution in [0.25, 0.3) is 0 Å². The highest BCUT2D eigenvalue weighted by Crippen LogP contribution is 2.48. The standard InChI is InChI=1S/C10H19N/c1-9-6-10(4-3-5-10)8-11(2)7-9/h9H,3-8H2,1-2H3/t9-/m1/s1. The average molecular weight is 153 g/mol. The summed E-state index contributed by atoms with van der Waals surface area (Å²) in [6.45, 7) is 5.09. The smallest absolute Gasteiger partial charge is 0.00351 e. The van der Waals surface area contributed by atoms with Gasteiger partial charge in [-0.05, 0) is 37.6 Å². The third-order valence-corrected chi connectivity index (χ3v) is 3.42. The predicted octanol–water partition coefficient (Wildman–Crippen LogP) is 2.13. The highest BCUT2D eigenvalue weighted by atomic mass is 15.1. The van der Waals surface area contributed by atoms with Crippen molar-refractivity contribution >= 4 is 0 Å². The third-order valence-electron chi connectivity index (χ3n) is 3.42. The fourth-order valence-corrected chi connectivity index (χ4v) is 3.08. The molecule has 1 atom stereocenters. The lowest BCUT2D eigenvalue weighted by atomic mass is 9.62. The Morgan fingerprint density at radius 2 is 2.09 bits per heavy atom. The minimum Gasteiger partial charge on any atom is -0.306 e. The molecule has 64 valence electrons. The van der Waals surface area contributed by atoms with E-state index in [1.165, 1.54) is 38.8 Å². The number of hydrogen-bond donors (Lipinski definition) is 0. The van der Waals surface area contributed by atoms with Crippen molar-refractivity contribution in [2.24, 2.45) is 11.3 Å². The van der Waals surface area contributed by atoms with Gasteiger partial charge in [0.2, 0.25) is 0 Å². The molecule has 2 rings (SSSR count). The molecule has 0 bridgehead atoms. The first-order valence-electron chi connectivity index (χ1n) is 4.89. The summed E-state index contributed by atoms with van der Waals surface area (Å²) >= 11 is 0. The lowest BCUT2D eigenvalue weighted by Crippen LogP contribution is -2.48. The van der Waals surface area contributed by atoms with Crippen LogP contribution in [0.4, 0.5) is 0 Å². The van der Waals surface area contributed by atoms with E-state index in [-0.39, 0.29) is 0 Å². The number of piperidine rings is 1. The summed E-state index contributed by atoms with van der Waals surface area (Å²) < 4.78 is 0. The van der Waals surface area contributed by atoms with Gasteiger partial charge >= 0.3 is 0 Å². The van der Waals surface area contributed by atoms with Crippen LogP contribution in [0.1, 0.15) is 32.6 Å². The van der Waals surface area contributed by atoms with E-state index in [0.29, 0.717) is 0 Å². The van der Waals surface area contributed by atoms with Gasteiger partial charge in [-0.3, -0.25) is 0 Å². The fourth-order valence-electron chi connectivity index (χ4n) is 3.08. The van der Waals surface area contributed by atoms with Gasteiger partial charge in [0.1, 0.15) is 0 Å². The first kappa shape index (κ1) is 7.60. The molecule has 0 aromatic rings. The van der Waals surface area contributed by atoms with Crippen LogP contribution in [-0.2, 0) is 0 Å². The maximum absolute atomic E-state index is 2.52. The van der Waals surface area contributed by atoms with Gasteiger partial charge in [-0.1, -0.05) is 13.3 Å². The molecule has 2 aliphatic rings. The van der Waals surface area contributed by atoms with Crippen LogP contribution in [0.2, 0.25) is 0 Å². The maximum Gasteiger partial charge on any atom is 0.00351 e. The summed E-state index contributed by atoms with van der Waals surface area (Å²) in [6, 6.07) is 0. The number of hydrogen-bond acceptors (Lipinski definition) is 1. The Kier molecular flexibility index (Phi) is 1.71. The van der Waals surface area contributed by atoms with Crippen LogP contribution < -0.4 is 0 Å². The number of rotatable bonds is 0. The Hall–Kier alpha value is -0.0400. The molecule has 0 amide bonds. The van der Waals surface area contributed by atoms with E-state index >= 15 is 0 Å². The van der Waals surface area contributed by atoms with Crippen molar-refractivity contribution in [3.05, 3.63) is 0 Å². The van der Waals surface area contributed by atoms with Gasteiger partial charge in [0.15, 0.2) is 0 Å². The Balaban J connectivity index is 2.00.